The molecule has 0 heterocycles. The highest BCUT2D eigenvalue weighted by atomic mass is 19.1. The van der Waals surface area contributed by atoms with Crippen molar-refractivity contribution < 1.29 is 13.2 Å². The first-order valence-electron chi connectivity index (χ1n) is 5.52. The van der Waals surface area contributed by atoms with Crippen molar-refractivity contribution >= 4 is 0 Å². The number of hydrogen-bond donors (Lipinski definition) is 1. The Bertz CT molecular complexity index is 554. The molecule has 1 unspecified atom stereocenters. The molecule has 94 valence electrons. The summed E-state index contributed by atoms with van der Waals surface area (Å²) in [6.45, 7) is 0. The van der Waals surface area contributed by atoms with E-state index in [9.17, 15) is 13.2 Å². The van der Waals surface area contributed by atoms with Gasteiger partial charge in [0.25, 0.3) is 0 Å². The van der Waals surface area contributed by atoms with Crippen LogP contribution in [0.3, 0.4) is 0 Å². The summed E-state index contributed by atoms with van der Waals surface area (Å²) >= 11 is 0. The van der Waals surface area contributed by atoms with E-state index in [1.165, 1.54) is 12.1 Å². The second-order valence-corrected chi connectivity index (χ2v) is 4.07. The third-order valence-electron chi connectivity index (χ3n) is 2.75. The third kappa shape index (κ3) is 2.71. The van der Waals surface area contributed by atoms with Crippen LogP contribution < -0.4 is 5.73 Å². The Balaban J connectivity index is 2.24. The predicted molar refractivity (Wildman–Crippen MR) is 63.4 cm³/mol. The van der Waals surface area contributed by atoms with Crippen LogP contribution in [0.2, 0.25) is 0 Å². The van der Waals surface area contributed by atoms with Gasteiger partial charge in [-0.15, -0.1) is 0 Å². The van der Waals surface area contributed by atoms with Gasteiger partial charge in [0, 0.05) is 11.6 Å². The lowest BCUT2D eigenvalue weighted by Gasteiger charge is -2.13. The average Bonchev–Trinajstić information content (AvgIpc) is 2.34. The first-order chi connectivity index (χ1) is 8.58. The maximum absolute atomic E-state index is 13.5. The number of hydrogen-bond acceptors (Lipinski definition) is 1. The monoisotopic (exact) mass is 251 g/mol. The van der Waals surface area contributed by atoms with Gasteiger partial charge in [0.2, 0.25) is 0 Å². The largest absolute Gasteiger partial charge is 0.324 e. The van der Waals surface area contributed by atoms with Crippen LogP contribution in [0.4, 0.5) is 13.2 Å². The summed E-state index contributed by atoms with van der Waals surface area (Å²) in [6, 6.07) is 8.48. The van der Waals surface area contributed by atoms with Crippen LogP contribution >= 0.6 is 0 Å². The summed E-state index contributed by atoms with van der Waals surface area (Å²) in [7, 11) is 0. The van der Waals surface area contributed by atoms with Gasteiger partial charge in [0.15, 0.2) is 0 Å². The number of rotatable bonds is 3. The van der Waals surface area contributed by atoms with E-state index in [-0.39, 0.29) is 12.0 Å². The van der Waals surface area contributed by atoms with Gasteiger partial charge in [0.1, 0.15) is 17.5 Å². The van der Waals surface area contributed by atoms with Crippen molar-refractivity contribution in [2.24, 2.45) is 5.73 Å². The third-order valence-corrected chi connectivity index (χ3v) is 2.75. The lowest BCUT2D eigenvalue weighted by atomic mass is 9.99. The lowest BCUT2D eigenvalue weighted by Crippen LogP contribution is -2.15. The Hall–Kier alpha value is -1.81. The molecule has 2 rings (SSSR count). The fourth-order valence-corrected chi connectivity index (χ4v) is 1.82. The maximum atomic E-state index is 13.5. The first-order valence-corrected chi connectivity index (χ1v) is 5.52. The summed E-state index contributed by atoms with van der Waals surface area (Å²) in [5, 5.41) is 0. The summed E-state index contributed by atoms with van der Waals surface area (Å²) in [5.41, 5.74) is 6.25. The van der Waals surface area contributed by atoms with E-state index < -0.39 is 23.5 Å². The molecule has 0 aliphatic rings. The van der Waals surface area contributed by atoms with E-state index in [1.807, 2.05) is 0 Å². The van der Waals surface area contributed by atoms with E-state index in [0.29, 0.717) is 5.56 Å². The lowest BCUT2D eigenvalue weighted by molar-refractivity contribution is 0.555. The predicted octanol–water partition coefficient (Wildman–Crippen LogP) is 3.35. The van der Waals surface area contributed by atoms with Crippen LogP contribution in [-0.2, 0) is 6.42 Å². The molecule has 0 bridgehead atoms. The van der Waals surface area contributed by atoms with E-state index >= 15 is 0 Å². The molecule has 0 saturated heterocycles. The van der Waals surface area contributed by atoms with Gasteiger partial charge in [-0.1, -0.05) is 18.2 Å². The standard InChI is InChI=1S/C14H12F3N/c15-10-5-6-12(16)9(7-10)8-14(18)11-3-1-2-4-13(11)17/h1-7,14H,8,18H2. The van der Waals surface area contributed by atoms with Crippen molar-refractivity contribution in [3.63, 3.8) is 0 Å². The molecule has 1 atom stereocenters. The smallest absolute Gasteiger partial charge is 0.127 e. The molecule has 0 spiro atoms. The first kappa shape index (κ1) is 12.6. The van der Waals surface area contributed by atoms with Crippen LogP contribution in [-0.4, -0.2) is 0 Å². The molecule has 0 aromatic heterocycles. The Kier molecular flexibility index (Phi) is 3.67. The minimum absolute atomic E-state index is 0.0462. The molecule has 4 heteroatoms. The highest BCUT2D eigenvalue weighted by molar-refractivity contribution is 5.25. The van der Waals surface area contributed by atoms with Gasteiger partial charge < -0.3 is 5.73 Å². The highest BCUT2D eigenvalue weighted by Gasteiger charge is 2.14. The van der Waals surface area contributed by atoms with Gasteiger partial charge in [-0.3, -0.25) is 0 Å². The molecular formula is C14H12F3N. The fourth-order valence-electron chi connectivity index (χ4n) is 1.82. The van der Waals surface area contributed by atoms with Gasteiger partial charge >= 0.3 is 0 Å². The molecule has 0 fully saturated rings. The summed E-state index contributed by atoms with van der Waals surface area (Å²) in [4.78, 5) is 0. The Morgan fingerprint density at radius 3 is 2.39 bits per heavy atom. The normalized spacial score (nSPS) is 12.4. The van der Waals surface area contributed by atoms with Crippen LogP contribution in [0.5, 0.6) is 0 Å². The summed E-state index contributed by atoms with van der Waals surface area (Å²) < 4.78 is 39.9. The minimum atomic E-state index is -0.706. The molecule has 0 aliphatic carbocycles. The molecule has 2 aromatic carbocycles. The molecule has 0 radical (unpaired) electrons. The summed E-state index contributed by atoms with van der Waals surface area (Å²) in [6.07, 6.45) is 0.0462. The molecule has 0 amide bonds. The second-order valence-electron chi connectivity index (χ2n) is 4.07. The fraction of sp³-hybridized carbons (Fsp3) is 0.143. The van der Waals surface area contributed by atoms with Gasteiger partial charge in [0.05, 0.1) is 0 Å². The Morgan fingerprint density at radius 2 is 1.67 bits per heavy atom. The number of halogens is 3. The molecule has 2 N–H and O–H groups in total. The van der Waals surface area contributed by atoms with Crippen LogP contribution in [0.15, 0.2) is 42.5 Å². The summed E-state index contributed by atoms with van der Waals surface area (Å²) in [5.74, 6) is -1.52. The zero-order valence-electron chi connectivity index (χ0n) is 9.54. The van der Waals surface area contributed by atoms with E-state index in [1.54, 1.807) is 12.1 Å². The molecule has 0 aliphatic heterocycles. The van der Waals surface area contributed by atoms with Crippen molar-refractivity contribution in [2.75, 3.05) is 0 Å². The van der Waals surface area contributed by atoms with E-state index in [4.69, 9.17) is 5.73 Å². The van der Waals surface area contributed by atoms with Gasteiger partial charge in [-0.2, -0.15) is 0 Å². The SMILES string of the molecule is NC(Cc1cc(F)ccc1F)c1ccccc1F. The van der Waals surface area contributed by atoms with Crippen LogP contribution in [0.1, 0.15) is 17.2 Å². The van der Waals surface area contributed by atoms with E-state index in [2.05, 4.69) is 0 Å². The van der Waals surface area contributed by atoms with Crippen molar-refractivity contribution in [1.82, 2.24) is 0 Å². The van der Waals surface area contributed by atoms with Gasteiger partial charge in [-0.25, -0.2) is 13.2 Å². The maximum Gasteiger partial charge on any atom is 0.127 e. The zero-order chi connectivity index (χ0) is 13.1. The highest BCUT2D eigenvalue weighted by Crippen LogP contribution is 2.21. The van der Waals surface area contributed by atoms with Crippen molar-refractivity contribution in [1.29, 1.82) is 0 Å². The second kappa shape index (κ2) is 5.23. The Labute approximate surface area is 103 Å². The molecule has 2 aromatic rings. The number of benzene rings is 2. The molecule has 1 nitrogen and oxygen atoms in total. The molecule has 18 heavy (non-hydrogen) atoms. The quantitative estimate of drug-likeness (QED) is 0.889. The average molecular weight is 251 g/mol. The van der Waals surface area contributed by atoms with Crippen molar-refractivity contribution in [2.45, 2.75) is 12.5 Å². The minimum Gasteiger partial charge on any atom is -0.324 e. The molecule has 0 saturated carbocycles. The topological polar surface area (TPSA) is 26.0 Å². The van der Waals surface area contributed by atoms with Gasteiger partial charge in [-0.05, 0) is 36.2 Å². The molecular weight excluding hydrogens is 239 g/mol. The van der Waals surface area contributed by atoms with Crippen molar-refractivity contribution in [3.8, 4) is 0 Å². The van der Waals surface area contributed by atoms with Crippen LogP contribution in [0.25, 0.3) is 0 Å². The van der Waals surface area contributed by atoms with E-state index in [0.717, 1.165) is 18.2 Å². The van der Waals surface area contributed by atoms with Crippen LogP contribution in [0, 0.1) is 17.5 Å². The van der Waals surface area contributed by atoms with Crippen molar-refractivity contribution in [3.05, 3.63) is 71.0 Å². The number of nitrogens with two attached hydrogens (primary N) is 1. The Morgan fingerprint density at radius 1 is 0.944 bits per heavy atom. The zero-order valence-corrected chi connectivity index (χ0v) is 9.54.